The van der Waals surface area contributed by atoms with Gasteiger partial charge in [0.2, 0.25) is 0 Å². The minimum absolute atomic E-state index is 0.587. The Balaban J connectivity index is 1.84. The van der Waals surface area contributed by atoms with Gasteiger partial charge < -0.3 is 4.74 Å². The fraction of sp³-hybridized carbons (Fsp3) is 0.100. The van der Waals surface area contributed by atoms with Gasteiger partial charge in [-0.2, -0.15) is 0 Å². The Morgan fingerprint density at radius 1 is 0.714 bits per heavy atom. The van der Waals surface area contributed by atoms with Crippen molar-refractivity contribution in [2.24, 2.45) is 0 Å². The molecule has 0 aliphatic rings. The second kappa shape index (κ2) is 6.27. The zero-order valence-corrected chi connectivity index (χ0v) is 12.1. The number of aryl methyl sites for hydroxylation is 1. The molecule has 1 nitrogen and oxygen atoms in total. The molecule has 21 heavy (non-hydrogen) atoms. The average Bonchev–Trinajstić information content (AvgIpc) is 2.55. The molecule has 3 aromatic rings. The Morgan fingerprint density at radius 3 is 2.14 bits per heavy atom. The monoisotopic (exact) mass is 274 g/mol. The topological polar surface area (TPSA) is 9.23 Å². The number of rotatable bonds is 4. The lowest BCUT2D eigenvalue weighted by Crippen LogP contribution is -1.96. The van der Waals surface area contributed by atoms with E-state index < -0.39 is 0 Å². The Morgan fingerprint density at radius 2 is 1.38 bits per heavy atom. The normalized spacial score (nSPS) is 10.3. The van der Waals surface area contributed by atoms with Crippen molar-refractivity contribution < 1.29 is 4.74 Å². The molecule has 0 N–H and O–H groups in total. The highest BCUT2D eigenvalue weighted by molar-refractivity contribution is 5.70. The summed E-state index contributed by atoms with van der Waals surface area (Å²) in [6.07, 6.45) is 0. The molecule has 0 heterocycles. The first kappa shape index (κ1) is 13.4. The summed E-state index contributed by atoms with van der Waals surface area (Å²) in [6, 6.07) is 27.0. The predicted molar refractivity (Wildman–Crippen MR) is 87.4 cm³/mol. The highest BCUT2D eigenvalue weighted by Gasteiger charge is 2.05. The van der Waals surface area contributed by atoms with Gasteiger partial charge in [-0.05, 0) is 24.1 Å². The third-order valence-corrected chi connectivity index (χ3v) is 3.49. The van der Waals surface area contributed by atoms with Crippen LogP contribution in [-0.2, 0) is 6.61 Å². The van der Waals surface area contributed by atoms with Crippen LogP contribution in [0.25, 0.3) is 11.1 Å². The van der Waals surface area contributed by atoms with Crippen LogP contribution in [0.1, 0.15) is 11.1 Å². The van der Waals surface area contributed by atoms with Crippen molar-refractivity contribution in [2.45, 2.75) is 13.5 Å². The molecule has 0 aliphatic carbocycles. The van der Waals surface area contributed by atoms with Gasteiger partial charge in [0.1, 0.15) is 12.4 Å². The summed E-state index contributed by atoms with van der Waals surface area (Å²) in [6.45, 7) is 2.69. The van der Waals surface area contributed by atoms with Gasteiger partial charge in [-0.25, -0.2) is 0 Å². The van der Waals surface area contributed by atoms with E-state index in [-0.39, 0.29) is 0 Å². The largest absolute Gasteiger partial charge is 0.488 e. The van der Waals surface area contributed by atoms with Crippen molar-refractivity contribution in [1.82, 2.24) is 0 Å². The van der Waals surface area contributed by atoms with Crippen LogP contribution in [0.4, 0.5) is 0 Å². The highest BCUT2D eigenvalue weighted by atomic mass is 16.5. The van der Waals surface area contributed by atoms with Gasteiger partial charge in [0.15, 0.2) is 0 Å². The van der Waals surface area contributed by atoms with Gasteiger partial charge in [-0.1, -0.05) is 78.4 Å². The molecule has 0 spiro atoms. The van der Waals surface area contributed by atoms with E-state index in [1.807, 2.05) is 36.4 Å². The summed E-state index contributed by atoms with van der Waals surface area (Å²) in [5, 5.41) is 0. The third-order valence-electron chi connectivity index (χ3n) is 3.49. The second-order valence-electron chi connectivity index (χ2n) is 5.14. The first-order chi connectivity index (χ1) is 10.3. The van der Waals surface area contributed by atoms with Crippen LogP contribution in [-0.4, -0.2) is 0 Å². The summed E-state index contributed by atoms with van der Waals surface area (Å²) >= 11 is 0. The van der Waals surface area contributed by atoms with Gasteiger partial charge in [0.25, 0.3) is 0 Å². The maximum atomic E-state index is 6.01. The summed E-state index contributed by atoms with van der Waals surface area (Å²) in [7, 11) is 0. The molecule has 0 atom stereocenters. The van der Waals surface area contributed by atoms with Crippen molar-refractivity contribution in [3.05, 3.63) is 90.0 Å². The fourth-order valence-corrected chi connectivity index (χ4v) is 2.30. The number of hydrogen-bond donors (Lipinski definition) is 0. The molecule has 104 valence electrons. The van der Waals surface area contributed by atoms with Gasteiger partial charge >= 0.3 is 0 Å². The minimum Gasteiger partial charge on any atom is -0.488 e. The molecule has 0 unspecified atom stereocenters. The van der Waals surface area contributed by atoms with E-state index in [1.54, 1.807) is 0 Å². The lowest BCUT2D eigenvalue weighted by molar-refractivity contribution is 0.307. The molecule has 0 saturated carbocycles. The SMILES string of the molecule is Cc1ccc(-c2ccccc2OCc2ccccc2)cc1. The van der Waals surface area contributed by atoms with Crippen LogP contribution < -0.4 is 4.74 Å². The molecule has 3 aromatic carbocycles. The van der Waals surface area contributed by atoms with Gasteiger partial charge in [-0.15, -0.1) is 0 Å². The van der Waals surface area contributed by atoms with Crippen molar-refractivity contribution in [3.8, 4) is 16.9 Å². The lowest BCUT2D eigenvalue weighted by atomic mass is 10.0. The molecule has 3 rings (SSSR count). The highest BCUT2D eigenvalue weighted by Crippen LogP contribution is 2.30. The van der Waals surface area contributed by atoms with Gasteiger partial charge in [0.05, 0.1) is 0 Å². The summed E-state index contributed by atoms with van der Waals surface area (Å²) in [5.41, 5.74) is 4.76. The Kier molecular flexibility index (Phi) is 4.02. The van der Waals surface area contributed by atoms with Gasteiger partial charge in [0, 0.05) is 5.56 Å². The molecule has 0 aliphatic heterocycles. The van der Waals surface area contributed by atoms with Crippen LogP contribution in [0.2, 0.25) is 0 Å². The molecule has 0 bridgehead atoms. The number of para-hydroxylation sites is 1. The van der Waals surface area contributed by atoms with E-state index in [2.05, 4.69) is 49.4 Å². The van der Waals surface area contributed by atoms with Gasteiger partial charge in [-0.3, -0.25) is 0 Å². The maximum Gasteiger partial charge on any atom is 0.127 e. The Bertz CT molecular complexity index is 699. The molecule has 0 amide bonds. The fourth-order valence-electron chi connectivity index (χ4n) is 2.30. The predicted octanol–water partition coefficient (Wildman–Crippen LogP) is 5.24. The lowest BCUT2D eigenvalue weighted by Gasteiger charge is -2.12. The van der Waals surface area contributed by atoms with E-state index in [0.717, 1.165) is 11.3 Å². The zero-order chi connectivity index (χ0) is 14.5. The second-order valence-corrected chi connectivity index (χ2v) is 5.14. The van der Waals surface area contributed by atoms with E-state index >= 15 is 0 Å². The quantitative estimate of drug-likeness (QED) is 0.632. The summed E-state index contributed by atoms with van der Waals surface area (Å²) < 4.78 is 6.01. The molecule has 0 radical (unpaired) electrons. The summed E-state index contributed by atoms with van der Waals surface area (Å²) in [4.78, 5) is 0. The van der Waals surface area contributed by atoms with Crippen molar-refractivity contribution in [2.75, 3.05) is 0 Å². The van der Waals surface area contributed by atoms with Crippen molar-refractivity contribution >= 4 is 0 Å². The van der Waals surface area contributed by atoms with Crippen LogP contribution in [0.15, 0.2) is 78.9 Å². The average molecular weight is 274 g/mol. The smallest absolute Gasteiger partial charge is 0.127 e. The molecule has 1 heteroatoms. The van der Waals surface area contributed by atoms with E-state index in [9.17, 15) is 0 Å². The minimum atomic E-state index is 0.587. The molecule has 0 aromatic heterocycles. The number of benzene rings is 3. The van der Waals surface area contributed by atoms with Crippen LogP contribution in [0.3, 0.4) is 0 Å². The molecule has 0 saturated heterocycles. The zero-order valence-electron chi connectivity index (χ0n) is 12.1. The molecular formula is C20H18O. The van der Waals surface area contributed by atoms with E-state index in [1.165, 1.54) is 16.7 Å². The molecular weight excluding hydrogens is 256 g/mol. The standard InChI is InChI=1S/C20H18O/c1-16-11-13-18(14-12-16)19-9-5-6-10-20(19)21-15-17-7-3-2-4-8-17/h2-14H,15H2,1H3. The summed E-state index contributed by atoms with van der Waals surface area (Å²) in [5.74, 6) is 0.921. The van der Waals surface area contributed by atoms with Crippen LogP contribution >= 0.6 is 0 Å². The Labute approximate surface area is 125 Å². The third kappa shape index (κ3) is 3.32. The first-order valence-corrected chi connectivity index (χ1v) is 7.16. The number of ether oxygens (including phenoxy) is 1. The maximum absolute atomic E-state index is 6.01. The van der Waals surface area contributed by atoms with E-state index in [0.29, 0.717) is 6.61 Å². The van der Waals surface area contributed by atoms with Crippen molar-refractivity contribution in [3.63, 3.8) is 0 Å². The first-order valence-electron chi connectivity index (χ1n) is 7.16. The van der Waals surface area contributed by atoms with E-state index in [4.69, 9.17) is 4.74 Å². The number of hydrogen-bond acceptors (Lipinski definition) is 1. The molecule has 0 fully saturated rings. The Hall–Kier alpha value is -2.54. The van der Waals surface area contributed by atoms with Crippen LogP contribution in [0.5, 0.6) is 5.75 Å². The van der Waals surface area contributed by atoms with Crippen molar-refractivity contribution in [1.29, 1.82) is 0 Å². The van der Waals surface area contributed by atoms with Crippen LogP contribution in [0, 0.1) is 6.92 Å².